The number of nitrogens with one attached hydrogen (secondary N) is 1. The zero-order valence-electron chi connectivity index (χ0n) is 19.2. The Morgan fingerprint density at radius 3 is 1.97 bits per heavy atom. The molecule has 0 heterocycles. The minimum absolute atomic E-state index is 0.179. The van der Waals surface area contributed by atoms with Gasteiger partial charge in [0.05, 0.1) is 6.61 Å². The maximum atomic E-state index is 12.9. The summed E-state index contributed by atoms with van der Waals surface area (Å²) in [6, 6.07) is 12.8. The summed E-state index contributed by atoms with van der Waals surface area (Å²) < 4.78 is 15.5. The van der Waals surface area contributed by atoms with Gasteiger partial charge in [-0.15, -0.1) is 0 Å². The van der Waals surface area contributed by atoms with E-state index in [1.807, 2.05) is 6.07 Å². The SMILES string of the molecule is COCCOC(=O)C(C)Oc1ccc(C(=O)Nc2c(C(C)C)cccc2C(C)C)cc1. The Morgan fingerprint density at radius 1 is 0.871 bits per heavy atom. The summed E-state index contributed by atoms with van der Waals surface area (Å²) in [5, 5.41) is 3.10. The standard InChI is InChI=1S/C25H33NO5/c1-16(2)21-8-7-9-22(17(3)4)23(21)26-24(27)19-10-12-20(13-11-19)31-18(5)25(28)30-15-14-29-6/h7-13,16-18H,14-15H2,1-6H3,(H,26,27). The zero-order valence-corrected chi connectivity index (χ0v) is 19.2. The second kappa shape index (κ2) is 11.5. The van der Waals surface area contributed by atoms with Crippen molar-refractivity contribution in [2.75, 3.05) is 25.6 Å². The highest BCUT2D eigenvalue weighted by Crippen LogP contribution is 2.32. The van der Waals surface area contributed by atoms with Crippen molar-refractivity contribution in [3.05, 3.63) is 59.2 Å². The van der Waals surface area contributed by atoms with E-state index >= 15 is 0 Å². The largest absolute Gasteiger partial charge is 0.479 e. The number of carbonyl (C=O) groups is 2. The molecule has 6 heteroatoms. The molecular weight excluding hydrogens is 394 g/mol. The molecule has 0 radical (unpaired) electrons. The Hall–Kier alpha value is -2.86. The molecule has 2 aromatic rings. The first-order valence-corrected chi connectivity index (χ1v) is 10.6. The summed E-state index contributed by atoms with van der Waals surface area (Å²) in [5.74, 6) is 0.405. The number of carbonyl (C=O) groups excluding carboxylic acids is 2. The number of anilines is 1. The van der Waals surface area contributed by atoms with Crippen LogP contribution in [0.15, 0.2) is 42.5 Å². The van der Waals surface area contributed by atoms with E-state index in [0.29, 0.717) is 17.9 Å². The summed E-state index contributed by atoms with van der Waals surface area (Å²) in [6.45, 7) is 10.6. The lowest BCUT2D eigenvalue weighted by molar-refractivity contribution is -0.152. The number of esters is 1. The lowest BCUT2D eigenvalue weighted by Gasteiger charge is -2.20. The molecule has 6 nitrogen and oxygen atoms in total. The average Bonchev–Trinajstić information content (AvgIpc) is 2.74. The molecule has 1 unspecified atom stereocenters. The summed E-state index contributed by atoms with van der Waals surface area (Å²) in [4.78, 5) is 24.8. The lowest BCUT2D eigenvalue weighted by atomic mass is 9.92. The normalized spacial score (nSPS) is 12.0. The molecule has 1 atom stereocenters. The van der Waals surface area contributed by atoms with E-state index in [1.165, 1.54) is 7.11 Å². The number of hydrogen-bond donors (Lipinski definition) is 1. The first-order valence-electron chi connectivity index (χ1n) is 10.6. The highest BCUT2D eigenvalue weighted by molar-refractivity contribution is 6.05. The molecule has 168 valence electrons. The number of hydrogen-bond acceptors (Lipinski definition) is 5. The fourth-order valence-electron chi connectivity index (χ4n) is 3.16. The summed E-state index contributed by atoms with van der Waals surface area (Å²) in [7, 11) is 1.54. The molecule has 0 bridgehead atoms. The first kappa shape index (κ1) is 24.4. The molecule has 0 spiro atoms. The number of benzene rings is 2. The molecule has 0 aliphatic heterocycles. The molecule has 0 saturated carbocycles. The first-order chi connectivity index (χ1) is 14.7. The van der Waals surface area contributed by atoms with Crippen molar-refractivity contribution >= 4 is 17.6 Å². The third kappa shape index (κ3) is 6.82. The van der Waals surface area contributed by atoms with E-state index in [4.69, 9.17) is 14.2 Å². The molecule has 1 amide bonds. The number of ether oxygens (including phenoxy) is 3. The van der Waals surface area contributed by atoms with Gasteiger partial charge < -0.3 is 19.5 Å². The van der Waals surface area contributed by atoms with E-state index in [2.05, 4.69) is 45.1 Å². The highest BCUT2D eigenvalue weighted by atomic mass is 16.6. The molecule has 0 aliphatic carbocycles. The van der Waals surface area contributed by atoms with Gasteiger partial charge in [-0.05, 0) is 54.2 Å². The predicted molar refractivity (Wildman–Crippen MR) is 122 cm³/mol. The average molecular weight is 428 g/mol. The fraction of sp³-hybridized carbons (Fsp3) is 0.440. The molecule has 0 aliphatic rings. The third-order valence-electron chi connectivity index (χ3n) is 4.90. The van der Waals surface area contributed by atoms with Gasteiger partial charge in [0.25, 0.3) is 5.91 Å². The monoisotopic (exact) mass is 427 g/mol. The Labute approximate surface area is 184 Å². The quantitative estimate of drug-likeness (QED) is 0.420. The van der Waals surface area contributed by atoms with Crippen LogP contribution in [0.25, 0.3) is 0 Å². The summed E-state index contributed by atoms with van der Waals surface area (Å²) >= 11 is 0. The fourth-order valence-corrected chi connectivity index (χ4v) is 3.16. The van der Waals surface area contributed by atoms with E-state index in [9.17, 15) is 9.59 Å². The van der Waals surface area contributed by atoms with Gasteiger partial charge in [-0.3, -0.25) is 4.79 Å². The topological polar surface area (TPSA) is 73.9 Å². The maximum absolute atomic E-state index is 12.9. The van der Waals surface area contributed by atoms with Crippen molar-refractivity contribution in [1.29, 1.82) is 0 Å². The Balaban J connectivity index is 2.09. The van der Waals surface area contributed by atoms with Crippen molar-refractivity contribution in [3.8, 4) is 5.75 Å². The second-order valence-electron chi connectivity index (χ2n) is 8.02. The molecular formula is C25H33NO5. The molecule has 2 aromatic carbocycles. The number of para-hydroxylation sites is 1. The van der Waals surface area contributed by atoms with Crippen molar-refractivity contribution in [1.82, 2.24) is 0 Å². The van der Waals surface area contributed by atoms with Crippen LogP contribution in [-0.4, -0.2) is 38.3 Å². The summed E-state index contributed by atoms with van der Waals surface area (Å²) in [5.41, 5.74) is 3.61. The number of amides is 1. The van der Waals surface area contributed by atoms with E-state index in [1.54, 1.807) is 31.2 Å². The Kier molecular flexibility index (Phi) is 9.06. The Bertz CT molecular complexity index is 848. The molecule has 0 saturated heterocycles. The van der Waals surface area contributed by atoms with Crippen molar-refractivity contribution in [2.24, 2.45) is 0 Å². The second-order valence-corrected chi connectivity index (χ2v) is 8.02. The molecule has 0 fully saturated rings. The van der Waals surface area contributed by atoms with Gasteiger partial charge in [0.15, 0.2) is 6.10 Å². The molecule has 31 heavy (non-hydrogen) atoms. The smallest absolute Gasteiger partial charge is 0.347 e. The van der Waals surface area contributed by atoms with Crippen LogP contribution in [-0.2, 0) is 14.3 Å². The minimum Gasteiger partial charge on any atom is -0.479 e. The van der Waals surface area contributed by atoms with E-state index < -0.39 is 12.1 Å². The van der Waals surface area contributed by atoms with Crippen LogP contribution in [0.1, 0.15) is 67.9 Å². The highest BCUT2D eigenvalue weighted by Gasteiger charge is 2.18. The van der Waals surface area contributed by atoms with Gasteiger partial charge in [-0.25, -0.2) is 4.79 Å². The van der Waals surface area contributed by atoms with Crippen molar-refractivity contribution < 1.29 is 23.8 Å². The molecule has 1 N–H and O–H groups in total. The number of methoxy groups -OCH3 is 1. The van der Waals surface area contributed by atoms with Gasteiger partial charge in [0.1, 0.15) is 12.4 Å². The molecule has 0 aromatic heterocycles. The number of rotatable bonds is 10. The van der Waals surface area contributed by atoms with Gasteiger partial charge in [0, 0.05) is 18.4 Å². The summed E-state index contributed by atoms with van der Waals surface area (Å²) in [6.07, 6.45) is -0.761. The van der Waals surface area contributed by atoms with Crippen molar-refractivity contribution in [2.45, 2.75) is 52.6 Å². The van der Waals surface area contributed by atoms with Crippen LogP contribution in [0.5, 0.6) is 5.75 Å². The van der Waals surface area contributed by atoms with Crippen LogP contribution in [0, 0.1) is 0 Å². The lowest BCUT2D eigenvalue weighted by Crippen LogP contribution is -2.27. The molecule has 2 rings (SSSR count). The third-order valence-corrected chi connectivity index (χ3v) is 4.90. The van der Waals surface area contributed by atoms with Crippen LogP contribution >= 0.6 is 0 Å². The van der Waals surface area contributed by atoms with Crippen molar-refractivity contribution in [3.63, 3.8) is 0 Å². The van der Waals surface area contributed by atoms with Crippen LogP contribution in [0.2, 0.25) is 0 Å². The van der Waals surface area contributed by atoms with Crippen LogP contribution in [0.4, 0.5) is 5.69 Å². The van der Waals surface area contributed by atoms with E-state index in [-0.39, 0.29) is 24.3 Å². The Morgan fingerprint density at radius 2 is 1.45 bits per heavy atom. The van der Waals surface area contributed by atoms with Crippen LogP contribution < -0.4 is 10.1 Å². The van der Waals surface area contributed by atoms with Gasteiger partial charge in [0.2, 0.25) is 0 Å². The van der Waals surface area contributed by atoms with E-state index in [0.717, 1.165) is 16.8 Å². The minimum atomic E-state index is -0.761. The van der Waals surface area contributed by atoms with Gasteiger partial charge in [-0.1, -0.05) is 45.9 Å². The van der Waals surface area contributed by atoms with Gasteiger partial charge in [-0.2, -0.15) is 0 Å². The zero-order chi connectivity index (χ0) is 23.0. The van der Waals surface area contributed by atoms with Gasteiger partial charge >= 0.3 is 5.97 Å². The predicted octanol–water partition coefficient (Wildman–Crippen LogP) is 5.14. The van der Waals surface area contributed by atoms with Crippen LogP contribution in [0.3, 0.4) is 0 Å². The maximum Gasteiger partial charge on any atom is 0.347 e.